The normalized spacial score (nSPS) is 11.6. The summed E-state index contributed by atoms with van der Waals surface area (Å²) in [6.45, 7) is 1.38. The van der Waals surface area contributed by atoms with Crippen molar-refractivity contribution >= 4 is 46.3 Å². The van der Waals surface area contributed by atoms with Crippen molar-refractivity contribution in [1.29, 1.82) is 0 Å². The number of ether oxygens (including phenoxy) is 2. The predicted octanol–water partition coefficient (Wildman–Crippen LogP) is 4.84. The van der Waals surface area contributed by atoms with Crippen LogP contribution in [0, 0.1) is 0 Å². The molecular weight excluding hydrogens is 437 g/mol. The molecule has 0 bridgehead atoms. The molecule has 164 valence electrons. The highest BCUT2D eigenvalue weighted by molar-refractivity contribution is 6.35. The van der Waals surface area contributed by atoms with Gasteiger partial charge in [0.1, 0.15) is 5.82 Å². The molecular formula is C23H25Cl2N3O3. The number of aromatic nitrogens is 2. The minimum Gasteiger partial charge on any atom is -0.493 e. The van der Waals surface area contributed by atoms with Crippen LogP contribution in [-0.4, -0.2) is 49.3 Å². The van der Waals surface area contributed by atoms with E-state index in [9.17, 15) is 4.79 Å². The van der Waals surface area contributed by atoms with E-state index < -0.39 is 0 Å². The van der Waals surface area contributed by atoms with Gasteiger partial charge in [-0.25, -0.2) is 4.98 Å². The first-order chi connectivity index (χ1) is 14.8. The van der Waals surface area contributed by atoms with E-state index in [1.165, 1.54) is 0 Å². The first-order valence-corrected chi connectivity index (χ1v) is 10.5. The van der Waals surface area contributed by atoms with Gasteiger partial charge in [0, 0.05) is 22.7 Å². The number of fused-ring (bicyclic) bond motifs is 1. The number of rotatable bonds is 8. The van der Waals surface area contributed by atoms with Crippen LogP contribution in [0.2, 0.25) is 10.0 Å². The molecule has 2 aromatic carbocycles. The molecule has 0 spiro atoms. The average Bonchev–Trinajstić information content (AvgIpc) is 2.73. The maximum Gasteiger partial charge on any atom is 0.261 e. The Labute approximate surface area is 191 Å². The summed E-state index contributed by atoms with van der Waals surface area (Å²) in [6.07, 6.45) is 4.42. The molecule has 0 aliphatic heterocycles. The van der Waals surface area contributed by atoms with E-state index in [-0.39, 0.29) is 5.56 Å². The van der Waals surface area contributed by atoms with Gasteiger partial charge in [0.15, 0.2) is 11.5 Å². The fourth-order valence-electron chi connectivity index (χ4n) is 3.25. The quantitative estimate of drug-likeness (QED) is 0.480. The largest absolute Gasteiger partial charge is 0.493 e. The number of nitrogens with zero attached hydrogens (tertiary/aromatic N) is 3. The zero-order valence-electron chi connectivity index (χ0n) is 18.0. The van der Waals surface area contributed by atoms with Crippen molar-refractivity contribution in [2.24, 2.45) is 0 Å². The maximum atomic E-state index is 13.4. The Morgan fingerprint density at radius 1 is 1.06 bits per heavy atom. The highest BCUT2D eigenvalue weighted by atomic mass is 35.5. The fourth-order valence-corrected chi connectivity index (χ4v) is 3.73. The number of benzene rings is 2. The van der Waals surface area contributed by atoms with Gasteiger partial charge in [-0.3, -0.25) is 9.36 Å². The van der Waals surface area contributed by atoms with Crippen LogP contribution in [0.25, 0.3) is 23.1 Å². The van der Waals surface area contributed by atoms with E-state index in [1.54, 1.807) is 49.1 Å². The van der Waals surface area contributed by atoms with Gasteiger partial charge >= 0.3 is 0 Å². The second-order valence-corrected chi connectivity index (χ2v) is 8.15. The average molecular weight is 462 g/mol. The molecule has 0 saturated carbocycles. The molecule has 0 fully saturated rings. The van der Waals surface area contributed by atoms with Crippen LogP contribution in [0.5, 0.6) is 11.5 Å². The molecule has 0 unspecified atom stereocenters. The second kappa shape index (κ2) is 10.2. The fraction of sp³-hybridized carbons (Fsp3) is 0.304. The first kappa shape index (κ1) is 23.1. The molecule has 0 aliphatic rings. The summed E-state index contributed by atoms with van der Waals surface area (Å²) in [5.41, 5.74) is 1.19. The molecule has 1 heterocycles. The second-order valence-electron chi connectivity index (χ2n) is 7.31. The number of hydrogen-bond donors (Lipinski definition) is 0. The predicted molar refractivity (Wildman–Crippen MR) is 128 cm³/mol. The molecule has 0 N–H and O–H groups in total. The van der Waals surface area contributed by atoms with E-state index in [4.69, 9.17) is 37.7 Å². The zero-order chi connectivity index (χ0) is 22.5. The molecule has 3 aromatic rings. The van der Waals surface area contributed by atoms with E-state index in [1.807, 2.05) is 26.2 Å². The van der Waals surface area contributed by atoms with Crippen LogP contribution >= 0.6 is 23.2 Å². The van der Waals surface area contributed by atoms with Crippen molar-refractivity contribution in [3.05, 3.63) is 62.1 Å². The Balaban J connectivity index is 2.13. The molecule has 0 atom stereocenters. The highest BCUT2D eigenvalue weighted by Crippen LogP contribution is 2.30. The number of halogens is 2. The first-order valence-electron chi connectivity index (χ1n) is 9.78. The lowest BCUT2D eigenvalue weighted by molar-refractivity contribution is 0.355. The van der Waals surface area contributed by atoms with Crippen LogP contribution in [0.15, 0.2) is 35.1 Å². The Morgan fingerprint density at radius 2 is 1.77 bits per heavy atom. The zero-order valence-corrected chi connectivity index (χ0v) is 19.5. The molecule has 1 aromatic heterocycles. The van der Waals surface area contributed by atoms with E-state index in [2.05, 4.69) is 4.90 Å². The monoisotopic (exact) mass is 461 g/mol. The van der Waals surface area contributed by atoms with Gasteiger partial charge in [-0.05, 0) is 63.0 Å². The lowest BCUT2D eigenvalue weighted by Crippen LogP contribution is -2.26. The molecule has 0 amide bonds. The topological polar surface area (TPSA) is 56.6 Å². The summed E-state index contributed by atoms with van der Waals surface area (Å²) >= 11 is 12.3. The summed E-state index contributed by atoms with van der Waals surface area (Å²) in [6, 6.07) is 8.66. The van der Waals surface area contributed by atoms with Gasteiger partial charge < -0.3 is 14.4 Å². The summed E-state index contributed by atoms with van der Waals surface area (Å²) in [5.74, 6) is 1.54. The van der Waals surface area contributed by atoms with Crippen molar-refractivity contribution in [3.63, 3.8) is 0 Å². The van der Waals surface area contributed by atoms with Crippen molar-refractivity contribution < 1.29 is 9.47 Å². The van der Waals surface area contributed by atoms with E-state index >= 15 is 0 Å². The van der Waals surface area contributed by atoms with Crippen LogP contribution in [0.4, 0.5) is 0 Å². The minimum atomic E-state index is -0.133. The van der Waals surface area contributed by atoms with Gasteiger partial charge in [-0.15, -0.1) is 0 Å². The Morgan fingerprint density at radius 3 is 2.42 bits per heavy atom. The smallest absolute Gasteiger partial charge is 0.261 e. The van der Waals surface area contributed by atoms with E-state index in [0.717, 1.165) is 18.5 Å². The van der Waals surface area contributed by atoms with Crippen molar-refractivity contribution in [2.45, 2.75) is 13.0 Å². The Bertz CT molecular complexity index is 1170. The molecule has 3 rings (SSSR count). The molecule has 8 heteroatoms. The minimum absolute atomic E-state index is 0.133. The van der Waals surface area contributed by atoms with Crippen molar-refractivity contribution in [2.75, 3.05) is 34.9 Å². The number of methoxy groups -OCH3 is 2. The lowest BCUT2D eigenvalue weighted by Gasteiger charge is -2.15. The Hall–Kier alpha value is -2.54. The summed E-state index contributed by atoms with van der Waals surface area (Å²) in [5, 5.41) is 1.56. The van der Waals surface area contributed by atoms with Gasteiger partial charge in [0.05, 0.1) is 25.1 Å². The van der Waals surface area contributed by atoms with Gasteiger partial charge in [0.25, 0.3) is 5.56 Å². The molecule has 6 nitrogen and oxygen atoms in total. The van der Waals surface area contributed by atoms with Crippen molar-refractivity contribution in [3.8, 4) is 11.5 Å². The maximum absolute atomic E-state index is 13.4. The van der Waals surface area contributed by atoms with Gasteiger partial charge in [-0.1, -0.05) is 29.3 Å². The molecule has 31 heavy (non-hydrogen) atoms. The molecule has 0 aliphatic carbocycles. The molecule has 0 radical (unpaired) electrons. The highest BCUT2D eigenvalue weighted by Gasteiger charge is 2.14. The summed E-state index contributed by atoms with van der Waals surface area (Å²) < 4.78 is 12.4. The van der Waals surface area contributed by atoms with Gasteiger partial charge in [-0.2, -0.15) is 0 Å². The third kappa shape index (κ3) is 5.39. The SMILES string of the molecule is COc1cc2nc(/C=C/c3ccc(Cl)cc3Cl)n(CCCN(C)C)c(=O)c2cc1OC. The van der Waals surface area contributed by atoms with E-state index in [0.29, 0.717) is 44.8 Å². The number of hydrogen-bond acceptors (Lipinski definition) is 5. The van der Waals surface area contributed by atoms with Crippen LogP contribution in [-0.2, 0) is 6.54 Å². The van der Waals surface area contributed by atoms with Gasteiger partial charge in [0.2, 0.25) is 0 Å². The van der Waals surface area contributed by atoms with Crippen LogP contribution in [0.3, 0.4) is 0 Å². The van der Waals surface area contributed by atoms with Crippen LogP contribution < -0.4 is 15.0 Å². The Kier molecular flexibility index (Phi) is 7.59. The lowest BCUT2D eigenvalue weighted by atomic mass is 10.2. The summed E-state index contributed by atoms with van der Waals surface area (Å²) in [4.78, 5) is 20.2. The standard InChI is InChI=1S/C23H25Cl2N3O3/c1-27(2)10-5-11-28-22(9-7-15-6-8-16(24)12-18(15)25)26-19-14-21(31-4)20(30-3)13-17(19)23(28)29/h6-9,12-14H,5,10-11H2,1-4H3/b9-7+. The third-order valence-electron chi connectivity index (χ3n) is 4.85. The molecule has 0 saturated heterocycles. The summed E-state index contributed by atoms with van der Waals surface area (Å²) in [7, 11) is 7.10. The van der Waals surface area contributed by atoms with Crippen LogP contribution in [0.1, 0.15) is 17.8 Å². The third-order valence-corrected chi connectivity index (χ3v) is 5.41. The van der Waals surface area contributed by atoms with Crippen molar-refractivity contribution in [1.82, 2.24) is 14.5 Å².